The van der Waals surface area contributed by atoms with Crippen LogP contribution in [0.5, 0.6) is 0 Å². The van der Waals surface area contributed by atoms with E-state index in [0.29, 0.717) is 5.02 Å². The van der Waals surface area contributed by atoms with E-state index in [2.05, 4.69) is 10.2 Å². The number of benzene rings is 1. The molecule has 0 amide bonds. The third-order valence-electron chi connectivity index (χ3n) is 3.92. The summed E-state index contributed by atoms with van der Waals surface area (Å²) in [6.07, 6.45) is 0. The van der Waals surface area contributed by atoms with Gasteiger partial charge in [0, 0.05) is 49.3 Å². The van der Waals surface area contributed by atoms with E-state index in [9.17, 15) is 9.50 Å². The third-order valence-corrected chi connectivity index (χ3v) is 4.25. The average molecular weight is 301 g/mol. The predicted molar refractivity (Wildman–Crippen MR) is 79.5 cm³/mol. The SMILES string of the molecule is CC(C)(CO)[C@H](c1ccc(F)cc1Cl)N1CCNCC1. The normalized spacial score (nSPS) is 19.1. The maximum absolute atomic E-state index is 13.3. The molecule has 0 saturated carbocycles. The number of nitrogens with zero attached hydrogens (tertiary/aromatic N) is 1. The highest BCUT2D eigenvalue weighted by Gasteiger charge is 2.36. The van der Waals surface area contributed by atoms with Crippen LogP contribution >= 0.6 is 11.6 Å². The molecule has 112 valence electrons. The van der Waals surface area contributed by atoms with Gasteiger partial charge in [-0.05, 0) is 17.7 Å². The van der Waals surface area contributed by atoms with E-state index < -0.39 is 0 Å². The lowest BCUT2D eigenvalue weighted by atomic mass is 9.79. The second-order valence-corrected chi connectivity index (χ2v) is 6.41. The van der Waals surface area contributed by atoms with Gasteiger partial charge in [0.25, 0.3) is 0 Å². The van der Waals surface area contributed by atoms with E-state index in [0.717, 1.165) is 31.7 Å². The van der Waals surface area contributed by atoms with Gasteiger partial charge in [0.15, 0.2) is 0 Å². The first-order valence-electron chi connectivity index (χ1n) is 6.96. The monoisotopic (exact) mass is 300 g/mol. The standard InChI is InChI=1S/C15H22ClFN2O/c1-15(2,10-20)14(19-7-5-18-6-8-19)12-4-3-11(17)9-13(12)16/h3-4,9,14,18,20H,5-8,10H2,1-2H3/t14-/m0/s1. The molecule has 1 aliphatic rings. The molecule has 3 nitrogen and oxygen atoms in total. The molecule has 1 aromatic carbocycles. The van der Waals surface area contributed by atoms with Gasteiger partial charge in [0.05, 0.1) is 0 Å². The van der Waals surface area contributed by atoms with Crippen molar-refractivity contribution in [2.24, 2.45) is 5.41 Å². The van der Waals surface area contributed by atoms with Crippen molar-refractivity contribution >= 4 is 11.6 Å². The van der Waals surface area contributed by atoms with Crippen LogP contribution in [0.25, 0.3) is 0 Å². The molecule has 0 unspecified atom stereocenters. The van der Waals surface area contributed by atoms with E-state index in [1.54, 1.807) is 6.07 Å². The Hall–Kier alpha value is -0.680. The highest BCUT2D eigenvalue weighted by Crippen LogP contribution is 2.41. The summed E-state index contributed by atoms with van der Waals surface area (Å²) in [4.78, 5) is 2.31. The quantitative estimate of drug-likeness (QED) is 0.896. The molecule has 0 spiro atoms. The Kier molecular flexibility index (Phi) is 5.02. The van der Waals surface area contributed by atoms with Crippen molar-refractivity contribution in [3.8, 4) is 0 Å². The molecule has 1 atom stereocenters. The summed E-state index contributed by atoms with van der Waals surface area (Å²) in [7, 11) is 0. The van der Waals surface area contributed by atoms with Crippen molar-refractivity contribution in [2.75, 3.05) is 32.8 Å². The molecule has 5 heteroatoms. The number of aliphatic hydroxyl groups is 1. The fraction of sp³-hybridized carbons (Fsp3) is 0.600. The molecule has 1 aromatic rings. The van der Waals surface area contributed by atoms with Crippen LogP contribution in [0.1, 0.15) is 25.5 Å². The van der Waals surface area contributed by atoms with Gasteiger partial charge in [0.1, 0.15) is 5.82 Å². The van der Waals surface area contributed by atoms with Gasteiger partial charge in [-0.2, -0.15) is 0 Å². The maximum Gasteiger partial charge on any atom is 0.124 e. The topological polar surface area (TPSA) is 35.5 Å². The Morgan fingerprint density at radius 1 is 1.40 bits per heavy atom. The van der Waals surface area contributed by atoms with Gasteiger partial charge in [-0.15, -0.1) is 0 Å². The van der Waals surface area contributed by atoms with Crippen LogP contribution in [0.2, 0.25) is 5.02 Å². The first-order chi connectivity index (χ1) is 9.45. The Balaban J connectivity index is 2.39. The number of rotatable bonds is 4. The summed E-state index contributed by atoms with van der Waals surface area (Å²) in [6.45, 7) is 7.69. The number of piperazine rings is 1. The zero-order valence-electron chi connectivity index (χ0n) is 12.0. The van der Waals surface area contributed by atoms with Crippen LogP contribution in [0.3, 0.4) is 0 Å². The largest absolute Gasteiger partial charge is 0.396 e. The molecule has 0 aromatic heterocycles. The Bertz CT molecular complexity index is 461. The van der Waals surface area contributed by atoms with Gasteiger partial charge < -0.3 is 10.4 Å². The molecule has 0 bridgehead atoms. The minimum atomic E-state index is -0.348. The van der Waals surface area contributed by atoms with Crippen LogP contribution in [-0.2, 0) is 0 Å². The van der Waals surface area contributed by atoms with Crippen molar-refractivity contribution in [3.63, 3.8) is 0 Å². The summed E-state index contributed by atoms with van der Waals surface area (Å²) in [6, 6.07) is 4.49. The van der Waals surface area contributed by atoms with E-state index in [1.165, 1.54) is 12.1 Å². The first-order valence-corrected chi connectivity index (χ1v) is 7.34. The van der Waals surface area contributed by atoms with Gasteiger partial charge in [0.2, 0.25) is 0 Å². The van der Waals surface area contributed by atoms with Crippen molar-refractivity contribution < 1.29 is 9.50 Å². The highest BCUT2D eigenvalue weighted by molar-refractivity contribution is 6.31. The summed E-state index contributed by atoms with van der Waals surface area (Å²) >= 11 is 6.24. The molecule has 2 N–H and O–H groups in total. The number of halogens is 2. The van der Waals surface area contributed by atoms with Crippen molar-refractivity contribution in [1.82, 2.24) is 10.2 Å². The van der Waals surface area contributed by atoms with Gasteiger partial charge >= 0.3 is 0 Å². The first kappa shape index (κ1) is 15.7. The molecular formula is C15H22ClFN2O. The van der Waals surface area contributed by atoms with Gasteiger partial charge in [-0.25, -0.2) is 4.39 Å². The van der Waals surface area contributed by atoms with Crippen molar-refractivity contribution in [2.45, 2.75) is 19.9 Å². The number of aliphatic hydroxyl groups excluding tert-OH is 1. The highest BCUT2D eigenvalue weighted by atomic mass is 35.5. The van der Waals surface area contributed by atoms with E-state index in [-0.39, 0.29) is 23.9 Å². The summed E-state index contributed by atoms with van der Waals surface area (Å²) in [5.41, 5.74) is 0.535. The van der Waals surface area contributed by atoms with E-state index >= 15 is 0 Å². The molecule has 1 aliphatic heterocycles. The number of hydrogen-bond donors (Lipinski definition) is 2. The fourth-order valence-electron chi connectivity index (χ4n) is 2.86. The predicted octanol–water partition coefficient (Wildman–Crippen LogP) is 2.44. The molecule has 2 rings (SSSR count). The second-order valence-electron chi connectivity index (χ2n) is 6.00. The van der Waals surface area contributed by atoms with Crippen LogP contribution < -0.4 is 5.32 Å². The number of nitrogens with one attached hydrogen (secondary N) is 1. The smallest absolute Gasteiger partial charge is 0.124 e. The molecule has 20 heavy (non-hydrogen) atoms. The molecule has 1 saturated heterocycles. The Morgan fingerprint density at radius 3 is 2.60 bits per heavy atom. The second kappa shape index (κ2) is 6.39. The van der Waals surface area contributed by atoms with Gasteiger partial charge in [-0.1, -0.05) is 31.5 Å². The number of hydrogen-bond acceptors (Lipinski definition) is 3. The summed E-state index contributed by atoms with van der Waals surface area (Å²) < 4.78 is 13.3. The van der Waals surface area contributed by atoms with Crippen LogP contribution in [-0.4, -0.2) is 42.8 Å². The fourth-order valence-corrected chi connectivity index (χ4v) is 3.13. The summed E-state index contributed by atoms with van der Waals surface area (Å²) in [5, 5.41) is 13.5. The Labute approximate surface area is 124 Å². The molecule has 1 heterocycles. The molecule has 0 aliphatic carbocycles. The molecular weight excluding hydrogens is 279 g/mol. The maximum atomic E-state index is 13.3. The zero-order chi connectivity index (χ0) is 14.8. The zero-order valence-corrected chi connectivity index (χ0v) is 12.8. The van der Waals surface area contributed by atoms with Crippen molar-refractivity contribution in [3.05, 3.63) is 34.6 Å². The lowest BCUT2D eigenvalue weighted by Gasteiger charge is -2.43. The van der Waals surface area contributed by atoms with Gasteiger partial charge in [-0.3, -0.25) is 4.90 Å². The average Bonchev–Trinajstić information content (AvgIpc) is 2.43. The lowest BCUT2D eigenvalue weighted by molar-refractivity contribution is 0.0305. The molecule has 1 fully saturated rings. The van der Waals surface area contributed by atoms with Crippen LogP contribution in [0.4, 0.5) is 4.39 Å². The minimum Gasteiger partial charge on any atom is -0.396 e. The van der Waals surface area contributed by atoms with E-state index in [4.69, 9.17) is 11.6 Å². The van der Waals surface area contributed by atoms with Crippen LogP contribution in [0, 0.1) is 11.2 Å². The lowest BCUT2D eigenvalue weighted by Crippen LogP contribution is -2.49. The minimum absolute atomic E-state index is 0.0253. The molecule has 0 radical (unpaired) electrons. The summed E-state index contributed by atoms with van der Waals surface area (Å²) in [5.74, 6) is -0.334. The van der Waals surface area contributed by atoms with E-state index in [1.807, 2.05) is 13.8 Å². The van der Waals surface area contributed by atoms with Crippen molar-refractivity contribution in [1.29, 1.82) is 0 Å². The van der Waals surface area contributed by atoms with Crippen LogP contribution in [0.15, 0.2) is 18.2 Å². The Morgan fingerprint density at radius 2 is 2.05 bits per heavy atom. The third kappa shape index (κ3) is 3.31.